The molecule has 1 aliphatic rings. The Morgan fingerprint density at radius 1 is 1.18 bits per heavy atom. The van der Waals surface area contributed by atoms with Crippen LogP contribution >= 0.6 is 0 Å². The number of esters is 1. The minimum atomic E-state index is -3.85. The fourth-order valence-electron chi connectivity index (χ4n) is 2.06. The largest absolute Gasteiger partial charge is 0.467 e. The molecule has 1 unspecified atom stereocenters. The average molecular weight is 327 g/mol. The first kappa shape index (κ1) is 16.1. The lowest BCUT2D eigenvalue weighted by molar-refractivity contribution is -0.146. The summed E-state index contributed by atoms with van der Waals surface area (Å²) in [5.41, 5.74) is 0.279. The molecule has 0 aliphatic carbocycles. The number of methoxy groups -OCH3 is 1. The second kappa shape index (κ2) is 5.85. The van der Waals surface area contributed by atoms with Gasteiger partial charge in [-0.25, -0.2) is 4.79 Å². The Hall–Kier alpha value is -2.26. The van der Waals surface area contributed by atoms with Crippen LogP contribution in [-0.2, 0) is 23.8 Å². The SMILES string of the molecule is COC(=O)C(COS(C)(=O)=O)N1C(=O)c2ccccc2C1=O. The van der Waals surface area contributed by atoms with Crippen molar-refractivity contribution in [3.63, 3.8) is 0 Å². The van der Waals surface area contributed by atoms with E-state index in [1.165, 1.54) is 12.1 Å². The molecule has 22 heavy (non-hydrogen) atoms. The van der Waals surface area contributed by atoms with E-state index in [-0.39, 0.29) is 11.1 Å². The third-order valence-electron chi connectivity index (χ3n) is 3.05. The van der Waals surface area contributed by atoms with Crippen molar-refractivity contribution in [2.75, 3.05) is 20.0 Å². The van der Waals surface area contributed by atoms with Crippen LogP contribution in [0.4, 0.5) is 0 Å². The Balaban J connectivity index is 2.35. The van der Waals surface area contributed by atoms with Crippen LogP contribution in [0.25, 0.3) is 0 Å². The quantitative estimate of drug-likeness (QED) is 0.419. The molecule has 2 rings (SSSR count). The topological polar surface area (TPSA) is 107 Å². The third-order valence-corrected chi connectivity index (χ3v) is 3.61. The van der Waals surface area contributed by atoms with E-state index >= 15 is 0 Å². The Morgan fingerprint density at radius 3 is 2.09 bits per heavy atom. The van der Waals surface area contributed by atoms with Crippen molar-refractivity contribution in [3.05, 3.63) is 35.4 Å². The lowest BCUT2D eigenvalue weighted by Crippen LogP contribution is -2.48. The Morgan fingerprint density at radius 2 is 1.68 bits per heavy atom. The van der Waals surface area contributed by atoms with Crippen molar-refractivity contribution in [1.82, 2.24) is 4.90 Å². The van der Waals surface area contributed by atoms with Crippen LogP contribution < -0.4 is 0 Å². The first-order valence-electron chi connectivity index (χ1n) is 6.15. The van der Waals surface area contributed by atoms with E-state index in [0.717, 1.165) is 13.4 Å². The fourth-order valence-corrected chi connectivity index (χ4v) is 2.44. The van der Waals surface area contributed by atoms with Crippen molar-refractivity contribution in [3.8, 4) is 0 Å². The smallest absolute Gasteiger partial charge is 0.331 e. The lowest BCUT2D eigenvalue weighted by atomic mass is 10.1. The van der Waals surface area contributed by atoms with Gasteiger partial charge in [-0.15, -0.1) is 0 Å². The number of amides is 2. The van der Waals surface area contributed by atoms with Gasteiger partial charge in [-0.05, 0) is 12.1 Å². The van der Waals surface area contributed by atoms with E-state index < -0.39 is 40.6 Å². The highest BCUT2D eigenvalue weighted by Crippen LogP contribution is 2.25. The van der Waals surface area contributed by atoms with E-state index in [1.54, 1.807) is 12.1 Å². The van der Waals surface area contributed by atoms with Gasteiger partial charge in [0.2, 0.25) is 0 Å². The summed E-state index contributed by atoms with van der Waals surface area (Å²) in [6.45, 7) is -0.697. The molecule has 1 heterocycles. The third kappa shape index (κ3) is 3.00. The van der Waals surface area contributed by atoms with Gasteiger partial charge in [0.25, 0.3) is 21.9 Å². The molecule has 0 aromatic heterocycles. The van der Waals surface area contributed by atoms with E-state index in [9.17, 15) is 22.8 Å². The summed E-state index contributed by atoms with van der Waals surface area (Å²) in [5.74, 6) is -2.35. The van der Waals surface area contributed by atoms with Gasteiger partial charge < -0.3 is 4.74 Å². The number of nitrogens with zero attached hydrogens (tertiary/aromatic N) is 1. The van der Waals surface area contributed by atoms with Crippen molar-refractivity contribution in [1.29, 1.82) is 0 Å². The highest BCUT2D eigenvalue weighted by Gasteiger charge is 2.43. The van der Waals surface area contributed by atoms with E-state index in [0.29, 0.717) is 4.90 Å². The summed E-state index contributed by atoms with van der Waals surface area (Å²) in [7, 11) is -2.79. The molecule has 118 valence electrons. The van der Waals surface area contributed by atoms with Gasteiger partial charge in [0.05, 0.1) is 31.1 Å². The van der Waals surface area contributed by atoms with Crippen molar-refractivity contribution in [2.45, 2.75) is 6.04 Å². The maximum atomic E-state index is 12.3. The van der Waals surface area contributed by atoms with Crippen molar-refractivity contribution in [2.24, 2.45) is 0 Å². The van der Waals surface area contributed by atoms with Gasteiger partial charge in [0, 0.05) is 0 Å². The monoisotopic (exact) mass is 327 g/mol. The number of hydrogen-bond donors (Lipinski definition) is 0. The normalized spacial score (nSPS) is 15.6. The number of carbonyl (C=O) groups excluding carboxylic acids is 3. The Kier molecular flexibility index (Phi) is 4.29. The Labute approximate surface area is 126 Å². The highest BCUT2D eigenvalue weighted by molar-refractivity contribution is 7.85. The number of benzene rings is 1. The second-order valence-electron chi connectivity index (χ2n) is 4.55. The van der Waals surface area contributed by atoms with E-state index in [4.69, 9.17) is 0 Å². The first-order chi connectivity index (χ1) is 10.3. The number of hydrogen-bond acceptors (Lipinski definition) is 7. The average Bonchev–Trinajstić information content (AvgIpc) is 2.71. The molecule has 1 aromatic rings. The zero-order chi connectivity index (χ0) is 16.5. The molecule has 8 nitrogen and oxygen atoms in total. The van der Waals surface area contributed by atoms with Crippen LogP contribution in [0.3, 0.4) is 0 Å². The molecule has 9 heteroatoms. The summed E-state index contributed by atoms with van der Waals surface area (Å²) < 4.78 is 31.2. The van der Waals surface area contributed by atoms with Gasteiger partial charge in [-0.2, -0.15) is 8.42 Å². The highest BCUT2D eigenvalue weighted by atomic mass is 32.2. The summed E-state index contributed by atoms with van der Waals surface area (Å²) in [5, 5.41) is 0. The zero-order valence-corrected chi connectivity index (χ0v) is 12.6. The lowest BCUT2D eigenvalue weighted by Gasteiger charge is -2.23. The predicted molar refractivity (Wildman–Crippen MR) is 73.5 cm³/mol. The molecule has 0 radical (unpaired) electrons. The zero-order valence-electron chi connectivity index (χ0n) is 11.8. The number of carbonyl (C=O) groups is 3. The molecule has 1 atom stereocenters. The fraction of sp³-hybridized carbons (Fsp3) is 0.308. The summed E-state index contributed by atoms with van der Waals surface area (Å²) in [6.07, 6.45) is 0.795. The van der Waals surface area contributed by atoms with Crippen LogP contribution in [0.1, 0.15) is 20.7 Å². The van der Waals surface area contributed by atoms with Crippen molar-refractivity contribution >= 4 is 27.9 Å². The van der Waals surface area contributed by atoms with E-state index in [1.807, 2.05) is 0 Å². The first-order valence-corrected chi connectivity index (χ1v) is 7.97. The maximum absolute atomic E-state index is 12.3. The van der Waals surface area contributed by atoms with Crippen LogP contribution in [0.5, 0.6) is 0 Å². The van der Waals surface area contributed by atoms with Crippen LogP contribution in [0.15, 0.2) is 24.3 Å². The molecule has 2 amide bonds. The van der Waals surface area contributed by atoms with Crippen molar-refractivity contribution < 1.29 is 31.7 Å². The molecule has 0 fully saturated rings. The molecular weight excluding hydrogens is 314 g/mol. The number of fused-ring (bicyclic) bond motifs is 1. The van der Waals surface area contributed by atoms with Crippen LogP contribution in [0, 0.1) is 0 Å². The molecule has 0 bridgehead atoms. The molecule has 0 saturated heterocycles. The number of rotatable bonds is 5. The standard InChI is InChI=1S/C13H13NO7S/c1-20-13(17)10(7-21-22(2,18)19)14-11(15)8-5-3-4-6-9(8)12(14)16/h3-6,10H,7H2,1-2H3. The van der Waals surface area contributed by atoms with Gasteiger partial charge in [-0.1, -0.05) is 12.1 Å². The molecule has 0 N–H and O–H groups in total. The minimum Gasteiger partial charge on any atom is -0.467 e. The van der Waals surface area contributed by atoms with Gasteiger partial charge in [0.15, 0.2) is 6.04 Å². The molecule has 0 spiro atoms. The number of imide groups is 1. The maximum Gasteiger partial charge on any atom is 0.331 e. The second-order valence-corrected chi connectivity index (χ2v) is 6.20. The van der Waals surface area contributed by atoms with Gasteiger partial charge in [0.1, 0.15) is 0 Å². The minimum absolute atomic E-state index is 0.140. The molecule has 1 aromatic carbocycles. The summed E-state index contributed by atoms with van der Waals surface area (Å²) in [6, 6.07) is 4.57. The van der Waals surface area contributed by atoms with Gasteiger partial charge >= 0.3 is 5.97 Å². The van der Waals surface area contributed by atoms with E-state index in [2.05, 4.69) is 8.92 Å². The summed E-state index contributed by atoms with van der Waals surface area (Å²) in [4.78, 5) is 37.0. The Bertz CT molecular complexity index is 706. The predicted octanol–water partition coefficient (Wildman–Crippen LogP) is -0.200. The number of ether oxygens (including phenoxy) is 1. The summed E-state index contributed by atoms with van der Waals surface area (Å²) >= 11 is 0. The molecule has 0 saturated carbocycles. The van der Waals surface area contributed by atoms with Crippen LogP contribution in [-0.4, -0.2) is 57.1 Å². The molecule has 1 aliphatic heterocycles. The van der Waals surface area contributed by atoms with Gasteiger partial charge in [-0.3, -0.25) is 18.7 Å². The molecular formula is C13H13NO7S. The van der Waals surface area contributed by atoms with Crippen LogP contribution in [0.2, 0.25) is 0 Å².